The lowest BCUT2D eigenvalue weighted by molar-refractivity contribution is -0.149. The number of benzene rings is 1. The normalized spacial score (nSPS) is 21.8. The van der Waals surface area contributed by atoms with Crippen LogP contribution in [0.25, 0.3) is 11.2 Å². The molecule has 0 radical (unpaired) electrons. The maximum Gasteiger partial charge on any atom is 0.459 e. The Kier molecular flexibility index (Phi) is 8.51. The number of anilines is 2. The molecule has 3 heterocycles. The van der Waals surface area contributed by atoms with Gasteiger partial charge in [-0.2, -0.15) is 15.1 Å². The van der Waals surface area contributed by atoms with E-state index in [0.717, 1.165) is 0 Å². The fourth-order valence-electron chi connectivity index (χ4n) is 4.17. The van der Waals surface area contributed by atoms with Gasteiger partial charge in [-0.15, -0.1) is 0 Å². The molecule has 38 heavy (non-hydrogen) atoms. The minimum atomic E-state index is -4.00. The van der Waals surface area contributed by atoms with E-state index in [-0.39, 0.29) is 24.6 Å². The number of rotatable bonds is 11. The molecule has 0 spiro atoms. The number of hydrogen-bond acceptors (Lipinski definition) is 11. The Morgan fingerprint density at radius 3 is 2.68 bits per heavy atom. The monoisotopic (exact) mass is 547 g/mol. The van der Waals surface area contributed by atoms with E-state index in [4.69, 9.17) is 24.3 Å². The third kappa shape index (κ3) is 6.41. The van der Waals surface area contributed by atoms with Gasteiger partial charge < -0.3 is 25.0 Å². The average Bonchev–Trinajstić information content (AvgIpc) is 3.45. The number of fused-ring (bicyclic) bond motifs is 1. The standard InChI is InChI=1S/C24H34N7O6P/c1-14(2)35-23(32)16(4)30-38(33,37-17-9-7-6-8-10-17)34-12-18-11-15(3)22(36-18)31-13-27-19-20(26-5)28-24(25)29-21(19)31/h6-10,13-16,18,22H,11-12H2,1-5H3,(H,30,33)(H3,25,26,28,29)/t15-,16+,18-,22+,38?/m0/s1. The van der Waals surface area contributed by atoms with Crippen molar-refractivity contribution < 1.29 is 27.9 Å². The lowest BCUT2D eigenvalue weighted by atomic mass is 10.1. The van der Waals surface area contributed by atoms with E-state index in [9.17, 15) is 9.36 Å². The molecule has 0 amide bonds. The summed E-state index contributed by atoms with van der Waals surface area (Å²) < 4.78 is 38.6. The summed E-state index contributed by atoms with van der Waals surface area (Å²) in [4.78, 5) is 25.3. The third-order valence-corrected chi connectivity index (χ3v) is 7.50. The number of ether oxygens (including phenoxy) is 2. The van der Waals surface area contributed by atoms with E-state index in [1.54, 1.807) is 62.1 Å². The molecule has 4 rings (SSSR count). The lowest BCUT2D eigenvalue weighted by Gasteiger charge is -2.24. The number of aromatic nitrogens is 4. The summed E-state index contributed by atoms with van der Waals surface area (Å²) in [5.74, 6) is 0.447. The highest BCUT2D eigenvalue weighted by atomic mass is 31.2. The number of para-hydroxylation sites is 1. The predicted molar refractivity (Wildman–Crippen MR) is 141 cm³/mol. The minimum absolute atomic E-state index is 0.0462. The number of carbonyl (C=O) groups excluding carboxylic acids is 1. The van der Waals surface area contributed by atoms with E-state index >= 15 is 0 Å². The SMILES string of the molecule is CNc1nc(N)nc2c1ncn2[C@@H]1O[C@H](COP(=O)(N[C@H](C)C(=O)OC(C)C)Oc2ccccc2)C[C@@H]1C. The van der Waals surface area contributed by atoms with Gasteiger partial charge in [0.05, 0.1) is 25.1 Å². The zero-order valence-electron chi connectivity index (χ0n) is 22.0. The first-order valence-corrected chi connectivity index (χ1v) is 13.9. The molecule has 3 aromatic rings. The van der Waals surface area contributed by atoms with Crippen LogP contribution in [0.1, 0.15) is 40.3 Å². The van der Waals surface area contributed by atoms with Crippen LogP contribution in [0.4, 0.5) is 11.8 Å². The summed E-state index contributed by atoms with van der Waals surface area (Å²) in [6.45, 7) is 6.99. The Morgan fingerprint density at radius 2 is 2.00 bits per heavy atom. The van der Waals surface area contributed by atoms with Crippen molar-refractivity contribution in [2.24, 2.45) is 5.92 Å². The number of nitrogens with two attached hydrogens (primary N) is 1. The van der Waals surface area contributed by atoms with Gasteiger partial charge in [0, 0.05) is 13.0 Å². The molecule has 1 aromatic carbocycles. The topological polar surface area (TPSA) is 165 Å². The first-order chi connectivity index (χ1) is 18.1. The fraction of sp³-hybridized carbons (Fsp3) is 0.500. The summed E-state index contributed by atoms with van der Waals surface area (Å²) in [7, 11) is -2.27. The fourth-order valence-corrected chi connectivity index (χ4v) is 5.70. The molecule has 1 saturated heterocycles. The number of nitrogens with zero attached hydrogens (tertiary/aromatic N) is 4. The minimum Gasteiger partial charge on any atom is -0.462 e. The molecule has 1 aliphatic heterocycles. The zero-order chi connectivity index (χ0) is 27.4. The van der Waals surface area contributed by atoms with Gasteiger partial charge in [0.1, 0.15) is 18.0 Å². The quantitative estimate of drug-likeness (QED) is 0.237. The molecular weight excluding hydrogens is 513 g/mol. The summed E-state index contributed by atoms with van der Waals surface area (Å²) >= 11 is 0. The van der Waals surface area contributed by atoms with Crippen molar-refractivity contribution in [1.82, 2.24) is 24.6 Å². The molecular formula is C24H34N7O6P. The van der Waals surface area contributed by atoms with E-state index in [2.05, 4.69) is 25.4 Å². The van der Waals surface area contributed by atoms with Crippen molar-refractivity contribution >= 4 is 36.6 Å². The van der Waals surface area contributed by atoms with E-state index in [1.807, 2.05) is 6.92 Å². The number of nitrogen functional groups attached to an aromatic ring is 1. The highest BCUT2D eigenvalue weighted by molar-refractivity contribution is 7.52. The maximum atomic E-state index is 13.7. The highest BCUT2D eigenvalue weighted by Gasteiger charge is 2.38. The lowest BCUT2D eigenvalue weighted by Crippen LogP contribution is -2.36. The molecule has 5 atom stereocenters. The maximum absolute atomic E-state index is 13.7. The molecule has 14 heteroatoms. The van der Waals surface area contributed by atoms with Crippen LogP contribution in [0, 0.1) is 5.92 Å². The second-order valence-corrected chi connectivity index (χ2v) is 11.1. The van der Waals surface area contributed by atoms with Crippen LogP contribution in [0.2, 0.25) is 0 Å². The Hall–Kier alpha value is -3.25. The van der Waals surface area contributed by atoms with Gasteiger partial charge in [-0.1, -0.05) is 25.1 Å². The van der Waals surface area contributed by atoms with Gasteiger partial charge >= 0.3 is 13.7 Å². The van der Waals surface area contributed by atoms with Crippen LogP contribution in [-0.4, -0.2) is 57.4 Å². The summed E-state index contributed by atoms with van der Waals surface area (Å²) in [6, 6.07) is 7.65. The Bertz CT molecular complexity index is 1300. The van der Waals surface area contributed by atoms with Gasteiger partial charge in [-0.3, -0.25) is 13.9 Å². The number of esters is 1. The molecule has 0 bridgehead atoms. The molecule has 1 unspecified atom stereocenters. The Balaban J connectivity index is 1.48. The van der Waals surface area contributed by atoms with Crippen molar-refractivity contribution in [2.75, 3.05) is 24.7 Å². The first kappa shape index (κ1) is 27.8. The summed E-state index contributed by atoms with van der Waals surface area (Å²) in [5.41, 5.74) is 7.00. The molecule has 206 valence electrons. The second-order valence-electron chi connectivity index (χ2n) is 9.40. The molecule has 2 aromatic heterocycles. The van der Waals surface area contributed by atoms with Crippen molar-refractivity contribution in [3.8, 4) is 5.75 Å². The number of carbonyl (C=O) groups is 1. The Labute approximate surface area is 221 Å². The predicted octanol–water partition coefficient (Wildman–Crippen LogP) is 3.51. The third-order valence-electron chi connectivity index (χ3n) is 5.86. The van der Waals surface area contributed by atoms with Crippen molar-refractivity contribution in [3.05, 3.63) is 36.7 Å². The van der Waals surface area contributed by atoms with Crippen molar-refractivity contribution in [3.63, 3.8) is 0 Å². The van der Waals surface area contributed by atoms with E-state index < -0.39 is 32.1 Å². The number of nitrogens with one attached hydrogen (secondary N) is 2. The van der Waals surface area contributed by atoms with Crippen LogP contribution in [0.5, 0.6) is 5.75 Å². The van der Waals surface area contributed by atoms with Crippen molar-refractivity contribution in [2.45, 2.75) is 58.6 Å². The average molecular weight is 548 g/mol. The second kappa shape index (κ2) is 11.6. The largest absolute Gasteiger partial charge is 0.462 e. The van der Waals surface area contributed by atoms with E-state index in [1.165, 1.54) is 6.92 Å². The van der Waals surface area contributed by atoms with Crippen molar-refractivity contribution in [1.29, 1.82) is 0 Å². The number of hydrogen-bond donors (Lipinski definition) is 3. The number of imidazole rings is 1. The van der Waals surface area contributed by atoms with Gasteiger partial charge in [-0.25, -0.2) is 9.55 Å². The Morgan fingerprint density at radius 1 is 1.26 bits per heavy atom. The van der Waals surface area contributed by atoms with E-state index in [0.29, 0.717) is 29.2 Å². The van der Waals surface area contributed by atoms with Crippen LogP contribution in [0.3, 0.4) is 0 Å². The van der Waals surface area contributed by atoms with Gasteiger partial charge in [-0.05, 0) is 39.3 Å². The highest BCUT2D eigenvalue weighted by Crippen LogP contribution is 2.46. The molecule has 0 aliphatic carbocycles. The van der Waals surface area contributed by atoms with Crippen LogP contribution < -0.4 is 20.7 Å². The van der Waals surface area contributed by atoms with Gasteiger partial charge in [0.15, 0.2) is 17.0 Å². The summed E-state index contributed by atoms with van der Waals surface area (Å²) in [6.07, 6.45) is 1.10. The first-order valence-electron chi connectivity index (χ1n) is 12.4. The van der Waals surface area contributed by atoms with Crippen LogP contribution >= 0.6 is 7.75 Å². The molecule has 1 fully saturated rings. The molecule has 13 nitrogen and oxygen atoms in total. The molecule has 4 N–H and O–H groups in total. The smallest absolute Gasteiger partial charge is 0.459 e. The van der Waals surface area contributed by atoms with Gasteiger partial charge in [0.2, 0.25) is 5.95 Å². The summed E-state index contributed by atoms with van der Waals surface area (Å²) in [5, 5.41) is 5.66. The zero-order valence-corrected chi connectivity index (χ0v) is 22.9. The molecule has 1 aliphatic rings. The van der Waals surface area contributed by atoms with Crippen LogP contribution in [0.15, 0.2) is 36.7 Å². The molecule has 0 saturated carbocycles. The van der Waals surface area contributed by atoms with Gasteiger partial charge in [0.25, 0.3) is 0 Å². The van der Waals surface area contributed by atoms with Crippen LogP contribution in [-0.2, 0) is 23.4 Å².